The first-order valence-electron chi connectivity index (χ1n) is 7.98. The number of aliphatic hydroxyl groups excluding tert-OH is 1. The zero-order valence-corrected chi connectivity index (χ0v) is 12.8. The molecule has 0 unspecified atom stereocenters. The molecule has 0 aliphatic heterocycles. The number of benzene rings is 1. The molecule has 1 fully saturated rings. The topological polar surface area (TPSA) is 35.5 Å². The largest absolute Gasteiger partial charge is 0.395 e. The fourth-order valence-electron chi connectivity index (χ4n) is 2.71. The quantitative estimate of drug-likeness (QED) is 0.728. The van der Waals surface area contributed by atoms with Gasteiger partial charge in [-0.25, -0.2) is 0 Å². The van der Waals surface area contributed by atoms with Crippen molar-refractivity contribution in [1.82, 2.24) is 5.32 Å². The molecule has 1 saturated carbocycles. The van der Waals surface area contributed by atoms with Gasteiger partial charge >= 0.3 is 0 Å². The van der Waals surface area contributed by atoms with E-state index in [1.807, 2.05) is 0 Å². The van der Waals surface area contributed by atoms with Crippen LogP contribution in [0.1, 0.15) is 45.1 Å². The van der Waals surface area contributed by atoms with Crippen LogP contribution in [0.2, 0.25) is 0 Å². The summed E-state index contributed by atoms with van der Waals surface area (Å²) in [6, 6.07) is 10.1. The molecule has 2 rings (SSSR count). The average molecular weight is 276 g/mol. The van der Waals surface area contributed by atoms with Crippen LogP contribution in [0.25, 0.3) is 0 Å². The maximum Gasteiger partial charge on any atom is 0.0606 e. The van der Waals surface area contributed by atoms with Crippen LogP contribution in [-0.2, 0) is 6.54 Å². The maximum atomic E-state index is 9.29. The number of anilines is 1. The molecular formula is C17H28N2O. The standard InChI is InChI=1S/C17H28N2O/c1-3-16(4-2)19(11-12-20)17-9-5-14(6-10-17)13-18-15-7-8-15/h5-6,9-10,15-16,18,20H,3-4,7-8,11-13H2,1-2H3. The Balaban J connectivity index is 1.99. The number of hydrogen-bond acceptors (Lipinski definition) is 3. The summed E-state index contributed by atoms with van der Waals surface area (Å²) < 4.78 is 0. The first-order valence-corrected chi connectivity index (χ1v) is 7.98. The third-order valence-electron chi connectivity index (χ3n) is 4.16. The van der Waals surface area contributed by atoms with E-state index < -0.39 is 0 Å². The lowest BCUT2D eigenvalue weighted by atomic mass is 10.1. The molecule has 1 aromatic carbocycles. The number of hydrogen-bond donors (Lipinski definition) is 2. The summed E-state index contributed by atoms with van der Waals surface area (Å²) in [7, 11) is 0. The molecule has 0 saturated heterocycles. The predicted molar refractivity (Wildman–Crippen MR) is 85.1 cm³/mol. The lowest BCUT2D eigenvalue weighted by Crippen LogP contribution is -2.36. The van der Waals surface area contributed by atoms with E-state index in [-0.39, 0.29) is 6.61 Å². The summed E-state index contributed by atoms with van der Waals surface area (Å²) in [4.78, 5) is 2.33. The Labute approximate surface area is 123 Å². The molecule has 3 heteroatoms. The van der Waals surface area contributed by atoms with Crippen LogP contribution in [0, 0.1) is 0 Å². The average Bonchev–Trinajstić information content (AvgIpc) is 3.30. The summed E-state index contributed by atoms with van der Waals surface area (Å²) in [6.45, 7) is 6.32. The predicted octanol–water partition coefficient (Wildman–Crippen LogP) is 2.93. The van der Waals surface area contributed by atoms with Gasteiger partial charge in [-0.3, -0.25) is 0 Å². The van der Waals surface area contributed by atoms with Crippen molar-refractivity contribution >= 4 is 5.69 Å². The van der Waals surface area contributed by atoms with Gasteiger partial charge in [-0.05, 0) is 43.4 Å². The minimum absolute atomic E-state index is 0.210. The SMILES string of the molecule is CCC(CC)N(CCO)c1ccc(CNC2CC2)cc1. The number of nitrogens with one attached hydrogen (secondary N) is 1. The molecule has 0 radical (unpaired) electrons. The molecule has 0 heterocycles. The van der Waals surface area contributed by atoms with E-state index in [2.05, 4.69) is 48.3 Å². The van der Waals surface area contributed by atoms with Crippen molar-refractivity contribution in [3.05, 3.63) is 29.8 Å². The number of nitrogens with zero attached hydrogens (tertiary/aromatic N) is 1. The van der Waals surface area contributed by atoms with E-state index >= 15 is 0 Å². The molecule has 3 nitrogen and oxygen atoms in total. The van der Waals surface area contributed by atoms with Crippen LogP contribution < -0.4 is 10.2 Å². The van der Waals surface area contributed by atoms with Crippen molar-refractivity contribution in [1.29, 1.82) is 0 Å². The Morgan fingerprint density at radius 1 is 1.20 bits per heavy atom. The van der Waals surface area contributed by atoms with Crippen molar-refractivity contribution in [2.24, 2.45) is 0 Å². The smallest absolute Gasteiger partial charge is 0.0606 e. The zero-order valence-electron chi connectivity index (χ0n) is 12.8. The van der Waals surface area contributed by atoms with Crippen LogP contribution in [0.15, 0.2) is 24.3 Å². The highest BCUT2D eigenvalue weighted by atomic mass is 16.3. The van der Waals surface area contributed by atoms with Gasteiger partial charge in [-0.2, -0.15) is 0 Å². The molecule has 1 aliphatic carbocycles. The van der Waals surface area contributed by atoms with E-state index in [0.717, 1.165) is 25.4 Å². The second-order valence-corrected chi connectivity index (χ2v) is 5.71. The summed E-state index contributed by atoms with van der Waals surface area (Å²) >= 11 is 0. The maximum absolute atomic E-state index is 9.29. The molecular weight excluding hydrogens is 248 g/mol. The first-order chi connectivity index (χ1) is 9.78. The summed E-state index contributed by atoms with van der Waals surface area (Å²) in [5, 5.41) is 12.8. The first kappa shape index (κ1) is 15.3. The number of rotatable bonds is 9. The molecule has 0 bridgehead atoms. The van der Waals surface area contributed by atoms with Gasteiger partial charge in [0.05, 0.1) is 6.61 Å². The Morgan fingerprint density at radius 3 is 2.35 bits per heavy atom. The monoisotopic (exact) mass is 276 g/mol. The number of aliphatic hydroxyl groups is 1. The van der Waals surface area contributed by atoms with Gasteiger partial charge in [0.15, 0.2) is 0 Å². The highest BCUT2D eigenvalue weighted by Gasteiger charge is 2.20. The van der Waals surface area contributed by atoms with Crippen molar-refractivity contribution < 1.29 is 5.11 Å². The summed E-state index contributed by atoms with van der Waals surface area (Å²) in [5.41, 5.74) is 2.57. The van der Waals surface area contributed by atoms with E-state index in [0.29, 0.717) is 12.6 Å². The Kier molecular flexibility index (Phi) is 5.86. The molecule has 112 valence electrons. The molecule has 0 spiro atoms. The van der Waals surface area contributed by atoms with Crippen molar-refractivity contribution in [2.75, 3.05) is 18.1 Å². The molecule has 2 N–H and O–H groups in total. The fraction of sp³-hybridized carbons (Fsp3) is 0.647. The molecule has 0 aromatic heterocycles. The summed E-state index contributed by atoms with van der Waals surface area (Å²) in [5.74, 6) is 0. The Hall–Kier alpha value is -1.06. The van der Waals surface area contributed by atoms with Crippen LogP contribution in [-0.4, -0.2) is 30.3 Å². The third kappa shape index (κ3) is 4.22. The van der Waals surface area contributed by atoms with Crippen LogP contribution >= 0.6 is 0 Å². The van der Waals surface area contributed by atoms with E-state index in [1.54, 1.807) is 0 Å². The lowest BCUT2D eigenvalue weighted by Gasteiger charge is -2.32. The van der Waals surface area contributed by atoms with Crippen LogP contribution in [0.4, 0.5) is 5.69 Å². The normalized spacial score (nSPS) is 14.8. The second-order valence-electron chi connectivity index (χ2n) is 5.71. The highest BCUT2D eigenvalue weighted by Crippen LogP contribution is 2.22. The van der Waals surface area contributed by atoms with E-state index in [4.69, 9.17) is 0 Å². The van der Waals surface area contributed by atoms with Crippen molar-refractivity contribution in [2.45, 2.75) is 58.2 Å². The minimum Gasteiger partial charge on any atom is -0.395 e. The third-order valence-corrected chi connectivity index (χ3v) is 4.16. The van der Waals surface area contributed by atoms with Gasteiger partial charge in [-0.15, -0.1) is 0 Å². The fourth-order valence-corrected chi connectivity index (χ4v) is 2.71. The minimum atomic E-state index is 0.210. The highest BCUT2D eigenvalue weighted by molar-refractivity contribution is 5.48. The van der Waals surface area contributed by atoms with E-state index in [9.17, 15) is 5.11 Å². The van der Waals surface area contributed by atoms with Gasteiger partial charge in [0, 0.05) is 30.9 Å². The molecule has 20 heavy (non-hydrogen) atoms. The Morgan fingerprint density at radius 2 is 1.85 bits per heavy atom. The van der Waals surface area contributed by atoms with Crippen molar-refractivity contribution in [3.8, 4) is 0 Å². The van der Waals surface area contributed by atoms with Gasteiger partial charge in [0.1, 0.15) is 0 Å². The molecule has 0 amide bonds. The molecule has 0 atom stereocenters. The van der Waals surface area contributed by atoms with Gasteiger partial charge < -0.3 is 15.3 Å². The molecule has 1 aromatic rings. The van der Waals surface area contributed by atoms with Crippen LogP contribution in [0.3, 0.4) is 0 Å². The lowest BCUT2D eigenvalue weighted by molar-refractivity contribution is 0.296. The zero-order chi connectivity index (χ0) is 14.4. The van der Waals surface area contributed by atoms with Gasteiger partial charge in [0.25, 0.3) is 0 Å². The van der Waals surface area contributed by atoms with Gasteiger partial charge in [0.2, 0.25) is 0 Å². The van der Waals surface area contributed by atoms with Crippen molar-refractivity contribution in [3.63, 3.8) is 0 Å². The second kappa shape index (κ2) is 7.65. The Bertz CT molecular complexity index is 382. The van der Waals surface area contributed by atoms with E-state index in [1.165, 1.54) is 24.1 Å². The van der Waals surface area contributed by atoms with Gasteiger partial charge in [-0.1, -0.05) is 26.0 Å². The summed E-state index contributed by atoms with van der Waals surface area (Å²) in [6.07, 6.45) is 4.89. The van der Waals surface area contributed by atoms with Crippen LogP contribution in [0.5, 0.6) is 0 Å². The molecule has 1 aliphatic rings.